The van der Waals surface area contributed by atoms with Gasteiger partial charge in [-0.15, -0.1) is 0 Å². The monoisotopic (exact) mass is 188 g/mol. The lowest BCUT2D eigenvalue weighted by Crippen LogP contribution is -2.23. The molecule has 0 amide bonds. The van der Waals surface area contributed by atoms with Crippen molar-refractivity contribution in [1.82, 2.24) is 0 Å². The van der Waals surface area contributed by atoms with E-state index in [2.05, 4.69) is 0 Å². The van der Waals surface area contributed by atoms with Gasteiger partial charge in [-0.25, -0.2) is 0 Å². The van der Waals surface area contributed by atoms with Gasteiger partial charge in [-0.05, 0) is 20.3 Å². The molecule has 0 bridgehead atoms. The largest absolute Gasteiger partial charge is 0.465 e. The van der Waals surface area contributed by atoms with Crippen molar-refractivity contribution in [2.75, 3.05) is 6.61 Å². The number of esters is 1. The van der Waals surface area contributed by atoms with Crippen LogP contribution in [0.1, 0.15) is 27.2 Å². The number of carbonyl (C=O) groups excluding carboxylic acids is 2. The molecule has 0 N–H and O–H groups in total. The Morgan fingerprint density at radius 3 is 2.08 bits per heavy atom. The van der Waals surface area contributed by atoms with Gasteiger partial charge in [0, 0.05) is 0 Å². The minimum atomic E-state index is -0.560. The van der Waals surface area contributed by atoms with Crippen molar-refractivity contribution in [3.63, 3.8) is 0 Å². The smallest absolute Gasteiger partial charge is 0.316 e. The predicted molar refractivity (Wildman–Crippen MR) is 51.0 cm³/mol. The summed E-state index contributed by atoms with van der Waals surface area (Å²) in [7, 11) is 0. The molecule has 1 atom stereocenters. The molecule has 0 aliphatic carbocycles. The van der Waals surface area contributed by atoms with Crippen LogP contribution in [0.2, 0.25) is 0 Å². The van der Waals surface area contributed by atoms with Crippen molar-refractivity contribution >= 4 is 29.1 Å². The minimum Gasteiger partial charge on any atom is -0.465 e. The van der Waals surface area contributed by atoms with Gasteiger partial charge >= 0.3 is 5.97 Å². The van der Waals surface area contributed by atoms with Gasteiger partial charge in [0.2, 0.25) is 0 Å². The van der Waals surface area contributed by atoms with Crippen molar-refractivity contribution in [2.45, 2.75) is 27.2 Å². The van der Waals surface area contributed by atoms with Crippen molar-refractivity contribution in [3.8, 4) is 0 Å². The Balaban J connectivity index is 0. The van der Waals surface area contributed by atoms with Crippen LogP contribution in [0.4, 0.5) is 0 Å². The number of carbonyl (C=O) groups is 2. The molecule has 3 nitrogen and oxygen atoms in total. The Labute approximate surface area is 83.6 Å². The Kier molecular flexibility index (Phi) is 8.68. The van der Waals surface area contributed by atoms with Crippen molar-refractivity contribution in [3.05, 3.63) is 0 Å². The first-order valence-corrected chi connectivity index (χ1v) is 3.80. The average molecular weight is 188 g/mol. The first-order chi connectivity index (χ1) is 5.13. The lowest BCUT2D eigenvalue weighted by molar-refractivity contribution is -0.151. The molecule has 0 aromatic carbocycles. The zero-order valence-electron chi connectivity index (χ0n) is 7.22. The maximum Gasteiger partial charge on any atom is 0.316 e. The van der Waals surface area contributed by atoms with Gasteiger partial charge in [-0.2, -0.15) is 0 Å². The second kappa shape index (κ2) is 7.33. The van der Waals surface area contributed by atoms with Crippen LogP contribution < -0.4 is 0 Å². The molecule has 0 rings (SSSR count). The lowest BCUT2D eigenvalue weighted by Gasteiger charge is -2.08. The summed E-state index contributed by atoms with van der Waals surface area (Å²) in [5, 5.41) is 0. The molecular weight excluding hydrogens is 171 g/mol. The summed E-state index contributed by atoms with van der Waals surface area (Å²) in [4.78, 5) is 21.8. The zero-order valence-corrected chi connectivity index (χ0v) is 7.22. The Hall–Kier alpha value is -0.328. The summed E-state index contributed by atoms with van der Waals surface area (Å²) in [5.74, 6) is -1.08. The highest BCUT2D eigenvalue weighted by molar-refractivity contribution is 5.97. The maximum absolute atomic E-state index is 11.0. The summed E-state index contributed by atoms with van der Waals surface area (Å²) in [6, 6.07) is 0. The summed E-state index contributed by atoms with van der Waals surface area (Å²) in [5.41, 5.74) is 0. The number of Topliss-reactive ketones (excluding diaryl/α,β-unsaturated/α-hetero) is 1. The van der Waals surface area contributed by atoms with E-state index in [9.17, 15) is 9.59 Å². The van der Waals surface area contributed by atoms with Crippen LogP contribution in [-0.4, -0.2) is 35.7 Å². The third kappa shape index (κ3) is 4.53. The topological polar surface area (TPSA) is 43.4 Å². The molecule has 12 heavy (non-hydrogen) atoms. The summed E-state index contributed by atoms with van der Waals surface area (Å²) < 4.78 is 4.70. The van der Waals surface area contributed by atoms with E-state index in [1.54, 1.807) is 13.8 Å². The van der Waals surface area contributed by atoms with Crippen LogP contribution in [0.5, 0.6) is 0 Å². The molecule has 0 aliphatic rings. The van der Waals surface area contributed by atoms with Crippen LogP contribution in [0.25, 0.3) is 0 Å². The number of hydrogen-bond donors (Lipinski definition) is 0. The van der Waals surface area contributed by atoms with E-state index in [0.717, 1.165) is 0 Å². The Morgan fingerprint density at radius 1 is 1.33 bits per heavy atom. The third-order valence-electron chi connectivity index (χ3n) is 1.47. The molecule has 0 aromatic rings. The SMILES string of the molecule is CCOC(=O)C(CC)C(C)=O.[AlH3]. The number of hydrogen-bond acceptors (Lipinski definition) is 3. The van der Waals surface area contributed by atoms with Gasteiger partial charge < -0.3 is 4.74 Å². The molecule has 0 radical (unpaired) electrons. The van der Waals surface area contributed by atoms with Gasteiger partial charge in [-0.1, -0.05) is 6.92 Å². The van der Waals surface area contributed by atoms with Gasteiger partial charge in [0.15, 0.2) is 17.4 Å². The van der Waals surface area contributed by atoms with E-state index < -0.39 is 11.9 Å². The van der Waals surface area contributed by atoms with Crippen LogP contribution in [-0.2, 0) is 14.3 Å². The van der Waals surface area contributed by atoms with Gasteiger partial charge in [0.25, 0.3) is 0 Å². The third-order valence-corrected chi connectivity index (χ3v) is 1.47. The lowest BCUT2D eigenvalue weighted by atomic mass is 10.0. The molecule has 70 valence electrons. The van der Waals surface area contributed by atoms with Crippen LogP contribution in [0.3, 0.4) is 0 Å². The van der Waals surface area contributed by atoms with E-state index in [4.69, 9.17) is 4.74 Å². The standard InChI is InChI=1S/C8H14O3.Al.3H/c1-4-7(6(3)9)8(10)11-5-2;;;;/h7H,4-5H2,1-3H3;;;;. The summed E-state index contributed by atoms with van der Waals surface area (Å²) >= 11 is 0. The fraction of sp³-hybridized carbons (Fsp3) is 0.750. The normalized spacial score (nSPS) is 11.2. The predicted octanol–water partition coefficient (Wildman–Crippen LogP) is -0.0192. The van der Waals surface area contributed by atoms with Gasteiger partial charge in [0.05, 0.1) is 6.61 Å². The Bertz CT molecular complexity index is 156. The molecule has 4 heteroatoms. The minimum absolute atomic E-state index is 0. The summed E-state index contributed by atoms with van der Waals surface area (Å²) in [6.07, 6.45) is 0.522. The first kappa shape index (κ1) is 14.2. The highest BCUT2D eigenvalue weighted by atomic mass is 27.0. The van der Waals surface area contributed by atoms with Gasteiger partial charge in [0.1, 0.15) is 11.7 Å². The maximum atomic E-state index is 11.0. The molecular formula is C8H17AlO3. The Morgan fingerprint density at radius 2 is 1.83 bits per heavy atom. The molecule has 0 heterocycles. The second-order valence-corrected chi connectivity index (χ2v) is 2.32. The fourth-order valence-electron chi connectivity index (χ4n) is 0.863. The molecule has 0 fully saturated rings. The molecule has 0 aliphatic heterocycles. The summed E-state index contributed by atoms with van der Waals surface area (Å²) in [6.45, 7) is 5.27. The first-order valence-electron chi connectivity index (χ1n) is 3.80. The molecule has 0 saturated heterocycles. The van der Waals surface area contributed by atoms with Crippen molar-refractivity contribution in [1.29, 1.82) is 0 Å². The van der Waals surface area contributed by atoms with Crippen LogP contribution in [0, 0.1) is 5.92 Å². The van der Waals surface area contributed by atoms with E-state index in [1.165, 1.54) is 6.92 Å². The number of ketones is 1. The van der Waals surface area contributed by atoms with E-state index >= 15 is 0 Å². The van der Waals surface area contributed by atoms with Crippen LogP contribution >= 0.6 is 0 Å². The van der Waals surface area contributed by atoms with E-state index in [1.807, 2.05) is 0 Å². The molecule has 0 spiro atoms. The van der Waals surface area contributed by atoms with E-state index in [-0.39, 0.29) is 23.1 Å². The highest BCUT2D eigenvalue weighted by Crippen LogP contribution is 2.05. The second-order valence-electron chi connectivity index (χ2n) is 2.32. The molecule has 1 unspecified atom stereocenters. The highest BCUT2D eigenvalue weighted by Gasteiger charge is 2.21. The van der Waals surface area contributed by atoms with E-state index in [0.29, 0.717) is 13.0 Å². The fourth-order valence-corrected chi connectivity index (χ4v) is 0.863. The molecule has 0 aromatic heterocycles. The number of rotatable bonds is 4. The quantitative estimate of drug-likeness (QED) is 0.354. The van der Waals surface area contributed by atoms with Crippen molar-refractivity contribution < 1.29 is 14.3 Å². The van der Waals surface area contributed by atoms with Crippen LogP contribution in [0.15, 0.2) is 0 Å². The zero-order chi connectivity index (χ0) is 8.85. The molecule has 0 saturated carbocycles. The van der Waals surface area contributed by atoms with Gasteiger partial charge in [-0.3, -0.25) is 9.59 Å². The van der Waals surface area contributed by atoms with Crippen molar-refractivity contribution in [2.24, 2.45) is 5.92 Å². The average Bonchev–Trinajstić information content (AvgIpc) is 1.88. The number of ether oxygens (including phenoxy) is 1.